The number of hydrogen-bond donors (Lipinski definition) is 1. The molecular formula is C19H27ClN2O3S. The molecule has 1 saturated carbocycles. The Balaban J connectivity index is 1.68. The minimum Gasteiger partial charge on any atom is -0.353 e. The summed E-state index contributed by atoms with van der Waals surface area (Å²) in [6, 6.07) is 6.22. The van der Waals surface area contributed by atoms with E-state index in [-0.39, 0.29) is 29.3 Å². The van der Waals surface area contributed by atoms with Gasteiger partial charge < -0.3 is 5.32 Å². The molecule has 1 aliphatic heterocycles. The Morgan fingerprint density at radius 2 is 1.69 bits per heavy atom. The van der Waals surface area contributed by atoms with E-state index in [1.807, 2.05) is 0 Å². The van der Waals surface area contributed by atoms with E-state index in [0.29, 0.717) is 11.6 Å². The smallest absolute Gasteiger partial charge is 0.243 e. The number of nitrogens with one attached hydrogen (secondary N) is 1. The second kappa shape index (κ2) is 8.72. The van der Waals surface area contributed by atoms with Gasteiger partial charge in [-0.25, -0.2) is 8.42 Å². The number of piperidine rings is 1. The highest BCUT2D eigenvalue weighted by Crippen LogP contribution is 2.28. The van der Waals surface area contributed by atoms with Crippen molar-refractivity contribution < 1.29 is 13.2 Å². The van der Waals surface area contributed by atoms with Gasteiger partial charge in [-0.15, -0.1) is 0 Å². The van der Waals surface area contributed by atoms with Crippen molar-refractivity contribution in [3.8, 4) is 0 Å². The summed E-state index contributed by atoms with van der Waals surface area (Å²) in [6.45, 7) is 0.465. The van der Waals surface area contributed by atoms with E-state index >= 15 is 0 Å². The van der Waals surface area contributed by atoms with Crippen molar-refractivity contribution in [2.24, 2.45) is 0 Å². The van der Waals surface area contributed by atoms with Crippen LogP contribution in [0.5, 0.6) is 0 Å². The van der Waals surface area contributed by atoms with E-state index in [9.17, 15) is 13.2 Å². The maximum Gasteiger partial charge on any atom is 0.243 e. The zero-order valence-corrected chi connectivity index (χ0v) is 16.6. The maximum absolute atomic E-state index is 13.0. The molecule has 2 aliphatic rings. The molecular weight excluding hydrogens is 372 g/mol. The summed E-state index contributed by atoms with van der Waals surface area (Å²) in [5, 5.41) is 3.61. The molecule has 1 amide bonds. The fraction of sp³-hybridized carbons (Fsp3) is 0.632. The van der Waals surface area contributed by atoms with E-state index in [1.165, 1.54) is 22.9 Å². The molecule has 1 heterocycles. The van der Waals surface area contributed by atoms with Gasteiger partial charge in [0.25, 0.3) is 0 Å². The zero-order chi connectivity index (χ0) is 18.6. The molecule has 0 unspecified atom stereocenters. The number of benzene rings is 1. The van der Waals surface area contributed by atoms with Crippen LogP contribution >= 0.6 is 11.6 Å². The third-order valence-corrected chi connectivity index (χ3v) is 7.60. The van der Waals surface area contributed by atoms with Crippen molar-refractivity contribution in [2.45, 2.75) is 74.8 Å². The Morgan fingerprint density at radius 3 is 2.38 bits per heavy atom. The Kier molecular flexibility index (Phi) is 6.59. The molecule has 26 heavy (non-hydrogen) atoms. The van der Waals surface area contributed by atoms with Gasteiger partial charge in [0.05, 0.1) is 4.90 Å². The van der Waals surface area contributed by atoms with Crippen LogP contribution < -0.4 is 5.32 Å². The molecule has 1 saturated heterocycles. The van der Waals surface area contributed by atoms with Crippen LogP contribution in [0.4, 0.5) is 0 Å². The molecule has 1 N–H and O–H groups in total. The molecule has 1 aliphatic carbocycles. The Morgan fingerprint density at radius 1 is 1.04 bits per heavy atom. The lowest BCUT2D eigenvalue weighted by atomic mass is 9.95. The number of hydrogen-bond acceptors (Lipinski definition) is 3. The summed E-state index contributed by atoms with van der Waals surface area (Å²) in [5.74, 6) is -0.0277. The number of amides is 1. The summed E-state index contributed by atoms with van der Waals surface area (Å²) in [7, 11) is -3.61. The first-order valence-corrected chi connectivity index (χ1v) is 11.4. The van der Waals surface area contributed by atoms with Gasteiger partial charge in [0, 0.05) is 30.1 Å². The molecule has 0 bridgehead atoms. The lowest BCUT2D eigenvalue weighted by Gasteiger charge is -2.35. The molecule has 5 nitrogen and oxygen atoms in total. The topological polar surface area (TPSA) is 66.5 Å². The second-order valence-corrected chi connectivity index (χ2v) is 9.65. The summed E-state index contributed by atoms with van der Waals surface area (Å²) in [5.41, 5.74) is 0. The lowest BCUT2D eigenvalue weighted by molar-refractivity contribution is -0.123. The fourth-order valence-corrected chi connectivity index (χ4v) is 5.80. The van der Waals surface area contributed by atoms with E-state index in [0.717, 1.165) is 44.9 Å². The molecule has 0 spiro atoms. The van der Waals surface area contributed by atoms with Crippen LogP contribution in [0.15, 0.2) is 29.2 Å². The van der Waals surface area contributed by atoms with E-state index < -0.39 is 10.0 Å². The predicted molar refractivity (Wildman–Crippen MR) is 103 cm³/mol. The number of halogens is 1. The molecule has 0 aromatic heterocycles. The molecule has 7 heteroatoms. The highest BCUT2D eigenvalue weighted by atomic mass is 35.5. The second-order valence-electron chi connectivity index (χ2n) is 7.33. The van der Waals surface area contributed by atoms with Crippen molar-refractivity contribution in [1.82, 2.24) is 9.62 Å². The molecule has 2 fully saturated rings. The van der Waals surface area contributed by atoms with Crippen LogP contribution in [0.3, 0.4) is 0 Å². The number of carbonyl (C=O) groups excluding carboxylic acids is 1. The monoisotopic (exact) mass is 398 g/mol. The average Bonchev–Trinajstić information content (AvgIpc) is 2.63. The Hall–Kier alpha value is -1.11. The van der Waals surface area contributed by atoms with E-state index in [2.05, 4.69) is 5.32 Å². The van der Waals surface area contributed by atoms with Gasteiger partial charge in [-0.2, -0.15) is 4.31 Å². The zero-order valence-electron chi connectivity index (χ0n) is 15.0. The Labute approximate surface area is 161 Å². The molecule has 1 aromatic carbocycles. The van der Waals surface area contributed by atoms with Gasteiger partial charge in [0.1, 0.15) is 0 Å². The first-order valence-electron chi connectivity index (χ1n) is 9.53. The quantitative estimate of drug-likeness (QED) is 0.821. The van der Waals surface area contributed by atoms with Crippen molar-refractivity contribution in [1.29, 1.82) is 0 Å². The predicted octanol–water partition coefficient (Wildman–Crippen LogP) is 3.72. The summed E-state index contributed by atoms with van der Waals surface area (Å²) < 4.78 is 27.6. The SMILES string of the molecule is O=C(C[C@H]1CCCCN1S(=O)(=O)c1ccc(Cl)cc1)NC1CCCCC1. The van der Waals surface area contributed by atoms with Crippen LogP contribution in [-0.4, -0.2) is 37.3 Å². The highest BCUT2D eigenvalue weighted by Gasteiger charge is 2.34. The van der Waals surface area contributed by atoms with Gasteiger partial charge >= 0.3 is 0 Å². The first kappa shape index (κ1) is 19.6. The molecule has 1 atom stereocenters. The van der Waals surface area contributed by atoms with Crippen LogP contribution in [0.25, 0.3) is 0 Å². The summed E-state index contributed by atoms with van der Waals surface area (Å²) in [4.78, 5) is 12.7. The van der Waals surface area contributed by atoms with E-state index in [4.69, 9.17) is 11.6 Å². The largest absolute Gasteiger partial charge is 0.353 e. The van der Waals surface area contributed by atoms with Gasteiger partial charge in [-0.05, 0) is 49.9 Å². The summed E-state index contributed by atoms with van der Waals surface area (Å²) >= 11 is 5.88. The van der Waals surface area contributed by atoms with Gasteiger partial charge in [-0.1, -0.05) is 37.3 Å². The van der Waals surface area contributed by atoms with Crippen LogP contribution in [0.2, 0.25) is 5.02 Å². The van der Waals surface area contributed by atoms with Crippen LogP contribution in [0.1, 0.15) is 57.8 Å². The summed E-state index contributed by atoms with van der Waals surface area (Å²) in [6.07, 6.45) is 8.36. The molecule has 144 valence electrons. The normalized spacial score (nSPS) is 22.9. The maximum atomic E-state index is 13.0. The number of nitrogens with zero attached hydrogens (tertiary/aromatic N) is 1. The Bertz CT molecular complexity index is 715. The van der Waals surface area contributed by atoms with Crippen LogP contribution in [-0.2, 0) is 14.8 Å². The minimum atomic E-state index is -3.61. The standard InChI is InChI=1S/C19H27ClN2O3S/c20-15-9-11-18(12-10-15)26(24,25)22-13-5-4-8-17(22)14-19(23)21-16-6-2-1-3-7-16/h9-12,16-17H,1-8,13-14H2,(H,21,23)/t17-/m1/s1. The van der Waals surface area contributed by atoms with Gasteiger partial charge in [0.15, 0.2) is 0 Å². The van der Waals surface area contributed by atoms with Crippen molar-refractivity contribution in [3.05, 3.63) is 29.3 Å². The highest BCUT2D eigenvalue weighted by molar-refractivity contribution is 7.89. The van der Waals surface area contributed by atoms with Crippen molar-refractivity contribution in [3.63, 3.8) is 0 Å². The van der Waals surface area contributed by atoms with Crippen molar-refractivity contribution in [2.75, 3.05) is 6.54 Å². The third kappa shape index (κ3) is 4.78. The first-order chi connectivity index (χ1) is 12.5. The minimum absolute atomic E-state index is 0.0277. The molecule has 0 radical (unpaired) electrons. The molecule has 3 rings (SSSR count). The van der Waals surface area contributed by atoms with Crippen LogP contribution in [0, 0.1) is 0 Å². The molecule has 1 aromatic rings. The number of carbonyl (C=O) groups is 1. The average molecular weight is 399 g/mol. The fourth-order valence-electron chi connectivity index (χ4n) is 3.98. The van der Waals surface area contributed by atoms with Gasteiger partial charge in [0.2, 0.25) is 15.9 Å². The van der Waals surface area contributed by atoms with Crippen molar-refractivity contribution >= 4 is 27.5 Å². The lowest BCUT2D eigenvalue weighted by Crippen LogP contribution is -2.47. The third-order valence-electron chi connectivity index (χ3n) is 5.38. The number of rotatable bonds is 5. The van der Waals surface area contributed by atoms with Gasteiger partial charge in [-0.3, -0.25) is 4.79 Å². The number of sulfonamides is 1. The van der Waals surface area contributed by atoms with E-state index in [1.54, 1.807) is 12.1 Å².